The molecule has 0 atom stereocenters. The van der Waals surface area contributed by atoms with Gasteiger partial charge < -0.3 is 18.1 Å². The molecule has 2 nitrogen and oxygen atoms in total. The van der Waals surface area contributed by atoms with Crippen molar-refractivity contribution in [2.24, 2.45) is 5.73 Å². The van der Waals surface area contributed by atoms with E-state index in [1.807, 2.05) is 0 Å². The molecule has 0 unspecified atom stereocenters. The Labute approximate surface area is 44.1 Å². The highest BCUT2D eigenvalue weighted by Crippen LogP contribution is 0.879. The van der Waals surface area contributed by atoms with E-state index in [9.17, 15) is 0 Å². The molecule has 0 saturated carbocycles. The van der Waals surface area contributed by atoms with E-state index >= 15 is 0 Å². The highest BCUT2D eigenvalue weighted by Gasteiger charge is 1.10. The van der Waals surface area contributed by atoms with Gasteiger partial charge in [-0.05, 0) is 0 Å². The molecule has 0 fully saturated rings. The molecule has 0 saturated heterocycles. The Kier molecular flexibility index (Phi) is 125. The topological polar surface area (TPSA) is 49.9 Å². The fourth-order valence-corrected chi connectivity index (χ4v) is 0. The minimum Gasteiger partial charge on any atom is -1.00 e. The van der Waals surface area contributed by atoms with Gasteiger partial charge in [0.15, 0.2) is 0 Å². The Bertz CT molecular complexity index is 17.1. The predicted molar refractivity (Wildman–Crippen MR) is 24.5 cm³/mol. The Morgan fingerprint density at radius 1 is 1.60 bits per heavy atom. The van der Waals surface area contributed by atoms with Gasteiger partial charge in [0.1, 0.15) is 0 Å². The first-order chi connectivity index (χ1) is 1.41. The molecule has 0 aliphatic carbocycles. The monoisotopic (exact) mass is 114 g/mol. The van der Waals surface area contributed by atoms with E-state index < -0.39 is 0 Å². The highest BCUT2D eigenvalue weighted by atomic mass is 35.5. The van der Waals surface area contributed by atoms with Crippen LogP contribution < -0.4 is 18.1 Å². The SMILES string of the molecule is N=CN.[Cl-].[SH3+]. The minimum atomic E-state index is 0. The Morgan fingerprint density at radius 3 is 1.60 bits per heavy atom. The van der Waals surface area contributed by atoms with E-state index in [1.54, 1.807) is 0 Å². The standard InChI is InChI=1S/CH4N2.ClH.H2S/c2-1-3;;/h1H,(H3,2,3);1H;1H2. The summed E-state index contributed by atoms with van der Waals surface area (Å²) in [7, 11) is 0. The summed E-state index contributed by atoms with van der Waals surface area (Å²) >= 11 is 0. The van der Waals surface area contributed by atoms with Crippen LogP contribution in [0.3, 0.4) is 0 Å². The lowest BCUT2D eigenvalue weighted by Gasteiger charge is -1.38. The van der Waals surface area contributed by atoms with Crippen molar-refractivity contribution < 1.29 is 12.4 Å². The smallest absolute Gasteiger partial charge is 0.0765 e. The third-order valence-corrected chi connectivity index (χ3v) is 0. The van der Waals surface area contributed by atoms with Crippen LogP contribution in [0.15, 0.2) is 0 Å². The second-order valence-corrected chi connectivity index (χ2v) is 0.167. The molecule has 0 aromatic heterocycles. The lowest BCUT2D eigenvalue weighted by Crippen LogP contribution is -3.00. The molecule has 0 amide bonds. The van der Waals surface area contributed by atoms with Gasteiger partial charge in [0.05, 0.1) is 6.34 Å². The Hall–Kier alpha value is 0.110. The minimum absolute atomic E-state index is 0. The average Bonchev–Trinajstić information content (AvgIpc) is 0.918. The fraction of sp³-hybridized carbons (Fsp3) is 0. The maximum Gasteiger partial charge on any atom is 0.0765 e. The quantitative estimate of drug-likeness (QED) is 0.187. The van der Waals surface area contributed by atoms with Crippen LogP contribution in [-0.2, 0) is 13.5 Å². The average molecular weight is 115 g/mol. The fourth-order valence-electron chi connectivity index (χ4n) is 0. The molecule has 0 heterocycles. The van der Waals surface area contributed by atoms with Crippen LogP contribution in [0.5, 0.6) is 0 Å². The lowest BCUT2D eigenvalue weighted by molar-refractivity contribution is -0.00000115. The summed E-state index contributed by atoms with van der Waals surface area (Å²) in [5.74, 6) is 0. The second-order valence-electron chi connectivity index (χ2n) is 0.167. The normalized spacial score (nSPS) is 2.40. The number of nitrogens with one attached hydrogen (secondary N) is 1. The molecule has 0 aliphatic heterocycles. The van der Waals surface area contributed by atoms with Gasteiger partial charge in [-0.2, -0.15) is 0 Å². The number of rotatable bonds is 0. The van der Waals surface area contributed by atoms with Gasteiger partial charge in [0, 0.05) is 0 Å². The number of halogens is 1. The molecule has 3 N–H and O–H groups in total. The molecule has 5 heavy (non-hydrogen) atoms. The molecule has 0 aromatic rings. The van der Waals surface area contributed by atoms with E-state index in [2.05, 4.69) is 5.73 Å². The van der Waals surface area contributed by atoms with Gasteiger partial charge in [-0.3, -0.25) is 5.41 Å². The van der Waals surface area contributed by atoms with Crippen LogP contribution in [-0.4, -0.2) is 6.34 Å². The van der Waals surface area contributed by atoms with Gasteiger partial charge in [-0.15, -0.1) is 0 Å². The zero-order valence-corrected chi connectivity index (χ0v) is 4.52. The number of nitrogens with two attached hydrogens (primary N) is 1. The highest BCUT2D eigenvalue weighted by molar-refractivity contribution is 7.37. The van der Waals surface area contributed by atoms with Gasteiger partial charge in [0.25, 0.3) is 0 Å². The summed E-state index contributed by atoms with van der Waals surface area (Å²) < 4.78 is 0. The summed E-state index contributed by atoms with van der Waals surface area (Å²) in [6.45, 7) is 0. The Balaban J connectivity index is -0.0000000200. The van der Waals surface area contributed by atoms with Gasteiger partial charge in [-0.25, -0.2) is 0 Å². The molecule has 4 heteroatoms. The summed E-state index contributed by atoms with van der Waals surface area (Å²) in [5.41, 5.74) is 4.39. The van der Waals surface area contributed by atoms with Crippen molar-refractivity contribution in [2.45, 2.75) is 0 Å². The van der Waals surface area contributed by atoms with Crippen LogP contribution in [0.2, 0.25) is 0 Å². The summed E-state index contributed by atoms with van der Waals surface area (Å²) in [6, 6.07) is 0. The maximum atomic E-state index is 5.86. The predicted octanol–water partition coefficient (Wildman–Crippen LogP) is -4.25. The zero-order valence-electron chi connectivity index (χ0n) is 2.61. The van der Waals surface area contributed by atoms with Crippen molar-refractivity contribution in [2.75, 3.05) is 0 Å². The van der Waals surface area contributed by atoms with Crippen LogP contribution in [0.1, 0.15) is 0 Å². The second kappa shape index (κ2) is 32.3. The van der Waals surface area contributed by atoms with Crippen molar-refractivity contribution in [1.29, 1.82) is 5.41 Å². The van der Waals surface area contributed by atoms with Gasteiger partial charge >= 0.3 is 0 Å². The number of hydrogen-bond donors (Lipinski definition) is 2. The molecule has 0 spiro atoms. The van der Waals surface area contributed by atoms with Crippen LogP contribution in [0, 0.1) is 5.41 Å². The molecule has 34 valence electrons. The third kappa shape index (κ3) is 1510. The zero-order chi connectivity index (χ0) is 2.71. The van der Waals surface area contributed by atoms with E-state index in [0.717, 1.165) is 6.34 Å². The first-order valence-electron chi connectivity index (χ1n) is 0.622. The molecule has 0 aromatic carbocycles. The maximum absolute atomic E-state index is 5.86. The third-order valence-electron chi connectivity index (χ3n) is 0. The van der Waals surface area contributed by atoms with Gasteiger partial charge in [0.2, 0.25) is 0 Å². The van der Waals surface area contributed by atoms with Crippen molar-refractivity contribution >= 4 is 19.8 Å². The van der Waals surface area contributed by atoms with Crippen molar-refractivity contribution in [1.82, 2.24) is 0 Å². The van der Waals surface area contributed by atoms with Crippen molar-refractivity contribution in [3.63, 3.8) is 0 Å². The van der Waals surface area contributed by atoms with Gasteiger partial charge in [-0.1, -0.05) is 13.5 Å². The molecule has 0 radical (unpaired) electrons. The molecule has 0 bridgehead atoms. The molecule has 0 aliphatic rings. The van der Waals surface area contributed by atoms with E-state index in [0.29, 0.717) is 0 Å². The molecular weight excluding hydrogens is 108 g/mol. The lowest BCUT2D eigenvalue weighted by atomic mass is 11.4. The summed E-state index contributed by atoms with van der Waals surface area (Å²) in [5, 5.41) is 5.86. The van der Waals surface area contributed by atoms with Crippen LogP contribution >= 0.6 is 0 Å². The largest absolute Gasteiger partial charge is 1.00 e. The van der Waals surface area contributed by atoms with E-state index in [4.69, 9.17) is 5.41 Å². The summed E-state index contributed by atoms with van der Waals surface area (Å²) in [6.07, 6.45) is 0.750. The number of hydrogen-bond acceptors (Lipinski definition) is 1. The van der Waals surface area contributed by atoms with E-state index in [-0.39, 0.29) is 25.9 Å². The molecule has 0 rings (SSSR count). The van der Waals surface area contributed by atoms with Crippen molar-refractivity contribution in [3.05, 3.63) is 0 Å². The van der Waals surface area contributed by atoms with Crippen molar-refractivity contribution in [3.8, 4) is 0 Å². The van der Waals surface area contributed by atoms with E-state index in [1.165, 1.54) is 0 Å². The molecular formula is CH7ClN2S. The summed E-state index contributed by atoms with van der Waals surface area (Å²) in [4.78, 5) is 0. The van der Waals surface area contributed by atoms with Crippen LogP contribution in [0.25, 0.3) is 0 Å². The first-order valence-corrected chi connectivity index (χ1v) is 0.622. The van der Waals surface area contributed by atoms with Crippen LogP contribution in [0.4, 0.5) is 0 Å². The first kappa shape index (κ1) is 19.4. The Morgan fingerprint density at radius 2 is 1.60 bits per heavy atom.